The minimum absolute atomic E-state index is 0.0922. The standard InChI is InChI=1S/C15H11ClO5/c1-19-13-4-8-12(6-14(13)20-2)21-11-5-10(17)9(16)3-7(11)15(8)18/h3-6,17H,1-2H3. The van der Waals surface area contributed by atoms with E-state index in [0.29, 0.717) is 22.5 Å². The van der Waals surface area contributed by atoms with Crippen molar-refractivity contribution in [2.24, 2.45) is 0 Å². The number of hydrogen-bond donors (Lipinski definition) is 1. The summed E-state index contributed by atoms with van der Waals surface area (Å²) in [6, 6.07) is 5.82. The van der Waals surface area contributed by atoms with Crippen LogP contribution in [0.2, 0.25) is 5.02 Å². The second-order valence-corrected chi connectivity index (χ2v) is 4.84. The molecule has 0 radical (unpaired) electrons. The molecular formula is C15H11ClO5. The lowest BCUT2D eigenvalue weighted by molar-refractivity contribution is 0.355. The second kappa shape index (κ2) is 4.86. The number of phenols is 1. The van der Waals surface area contributed by atoms with Crippen LogP contribution in [-0.4, -0.2) is 19.3 Å². The van der Waals surface area contributed by atoms with Crippen molar-refractivity contribution in [3.8, 4) is 17.2 Å². The van der Waals surface area contributed by atoms with Crippen molar-refractivity contribution in [1.29, 1.82) is 0 Å². The Hall–Kier alpha value is -2.40. The Morgan fingerprint density at radius 1 is 1.00 bits per heavy atom. The summed E-state index contributed by atoms with van der Waals surface area (Å²) in [5.74, 6) is 0.736. The summed E-state index contributed by atoms with van der Waals surface area (Å²) < 4.78 is 16.0. The van der Waals surface area contributed by atoms with Crippen LogP contribution < -0.4 is 14.9 Å². The minimum Gasteiger partial charge on any atom is -0.506 e. The first-order valence-electron chi connectivity index (χ1n) is 6.06. The molecule has 0 aliphatic carbocycles. The molecule has 0 bridgehead atoms. The monoisotopic (exact) mass is 306 g/mol. The van der Waals surface area contributed by atoms with Crippen LogP contribution in [0.1, 0.15) is 0 Å². The molecule has 3 aromatic rings. The zero-order valence-electron chi connectivity index (χ0n) is 11.3. The predicted octanol–water partition coefficient (Wildman–Crippen LogP) is 3.32. The molecule has 1 heterocycles. The zero-order chi connectivity index (χ0) is 15.1. The molecule has 0 atom stereocenters. The van der Waals surface area contributed by atoms with Gasteiger partial charge in [-0.05, 0) is 12.1 Å². The maximum Gasteiger partial charge on any atom is 0.200 e. The van der Waals surface area contributed by atoms with Gasteiger partial charge in [0.05, 0.1) is 30.0 Å². The summed E-state index contributed by atoms with van der Waals surface area (Å²) >= 11 is 5.84. The zero-order valence-corrected chi connectivity index (χ0v) is 12.0. The van der Waals surface area contributed by atoms with E-state index in [2.05, 4.69) is 0 Å². The van der Waals surface area contributed by atoms with Gasteiger partial charge >= 0.3 is 0 Å². The molecule has 6 heteroatoms. The van der Waals surface area contributed by atoms with Crippen LogP contribution in [0, 0.1) is 0 Å². The van der Waals surface area contributed by atoms with Crippen LogP contribution in [0.15, 0.2) is 33.5 Å². The SMILES string of the molecule is COc1cc2oc3cc(O)c(Cl)cc3c(=O)c2cc1OC. The van der Waals surface area contributed by atoms with E-state index >= 15 is 0 Å². The van der Waals surface area contributed by atoms with Crippen molar-refractivity contribution < 1.29 is 19.0 Å². The summed E-state index contributed by atoms with van der Waals surface area (Å²) in [4.78, 5) is 12.5. The third-order valence-corrected chi connectivity index (χ3v) is 3.55. The highest BCUT2D eigenvalue weighted by Crippen LogP contribution is 2.34. The lowest BCUT2D eigenvalue weighted by Crippen LogP contribution is -2.03. The lowest BCUT2D eigenvalue weighted by atomic mass is 10.1. The second-order valence-electron chi connectivity index (χ2n) is 4.43. The fraction of sp³-hybridized carbons (Fsp3) is 0.133. The Kier molecular flexibility index (Phi) is 3.14. The van der Waals surface area contributed by atoms with Gasteiger partial charge in [0.2, 0.25) is 5.43 Å². The number of benzene rings is 2. The summed E-state index contributed by atoms with van der Waals surface area (Å²) in [5.41, 5.74) is 0.336. The number of ether oxygens (including phenoxy) is 2. The van der Waals surface area contributed by atoms with Gasteiger partial charge in [-0.15, -0.1) is 0 Å². The molecular weight excluding hydrogens is 296 g/mol. The summed E-state index contributed by atoms with van der Waals surface area (Å²) in [6.45, 7) is 0. The maximum absolute atomic E-state index is 12.5. The van der Waals surface area contributed by atoms with Crippen LogP contribution in [0.25, 0.3) is 21.9 Å². The van der Waals surface area contributed by atoms with Gasteiger partial charge in [-0.1, -0.05) is 11.6 Å². The average Bonchev–Trinajstić information content (AvgIpc) is 2.48. The first-order valence-corrected chi connectivity index (χ1v) is 6.44. The molecule has 21 heavy (non-hydrogen) atoms. The normalized spacial score (nSPS) is 11.0. The molecule has 0 aliphatic rings. The topological polar surface area (TPSA) is 68.9 Å². The quantitative estimate of drug-likeness (QED) is 0.736. The van der Waals surface area contributed by atoms with Crippen LogP contribution in [-0.2, 0) is 0 Å². The van der Waals surface area contributed by atoms with E-state index in [9.17, 15) is 9.90 Å². The van der Waals surface area contributed by atoms with E-state index in [0.717, 1.165) is 0 Å². The molecule has 2 aromatic carbocycles. The summed E-state index contributed by atoms with van der Waals surface area (Å²) in [7, 11) is 2.98. The van der Waals surface area contributed by atoms with E-state index < -0.39 is 0 Å². The molecule has 1 aromatic heterocycles. The summed E-state index contributed by atoms with van der Waals surface area (Å²) in [5, 5.41) is 10.4. The number of rotatable bonds is 2. The first kappa shape index (κ1) is 13.6. The van der Waals surface area contributed by atoms with Gasteiger partial charge in [-0.25, -0.2) is 0 Å². The Labute approximate surface area is 124 Å². The van der Waals surface area contributed by atoms with Gasteiger partial charge in [-0.3, -0.25) is 4.79 Å². The van der Waals surface area contributed by atoms with E-state index in [4.69, 9.17) is 25.5 Å². The van der Waals surface area contributed by atoms with Crippen LogP contribution in [0.5, 0.6) is 17.2 Å². The third kappa shape index (κ3) is 2.06. The molecule has 108 valence electrons. The van der Waals surface area contributed by atoms with Crippen molar-refractivity contribution in [2.75, 3.05) is 14.2 Å². The van der Waals surface area contributed by atoms with Gasteiger partial charge in [0.25, 0.3) is 0 Å². The molecule has 0 saturated heterocycles. The fourth-order valence-electron chi connectivity index (χ4n) is 2.19. The van der Waals surface area contributed by atoms with E-state index in [-0.39, 0.29) is 27.2 Å². The highest BCUT2D eigenvalue weighted by atomic mass is 35.5. The molecule has 3 rings (SSSR count). The van der Waals surface area contributed by atoms with E-state index in [1.807, 2.05) is 0 Å². The van der Waals surface area contributed by atoms with Crippen LogP contribution in [0.3, 0.4) is 0 Å². The first-order chi connectivity index (χ1) is 10.0. The van der Waals surface area contributed by atoms with Gasteiger partial charge in [-0.2, -0.15) is 0 Å². The van der Waals surface area contributed by atoms with Crippen LogP contribution in [0.4, 0.5) is 0 Å². The largest absolute Gasteiger partial charge is 0.506 e. The van der Waals surface area contributed by atoms with Gasteiger partial charge in [0, 0.05) is 12.1 Å². The van der Waals surface area contributed by atoms with Crippen molar-refractivity contribution in [3.63, 3.8) is 0 Å². The van der Waals surface area contributed by atoms with Gasteiger partial charge in [0.1, 0.15) is 16.9 Å². The fourth-order valence-corrected chi connectivity index (χ4v) is 2.35. The van der Waals surface area contributed by atoms with Crippen molar-refractivity contribution >= 4 is 33.5 Å². The molecule has 0 saturated carbocycles. The highest BCUT2D eigenvalue weighted by Gasteiger charge is 2.14. The molecule has 0 spiro atoms. The molecule has 0 aliphatic heterocycles. The predicted molar refractivity (Wildman–Crippen MR) is 79.8 cm³/mol. The maximum atomic E-state index is 12.5. The van der Waals surface area contributed by atoms with Gasteiger partial charge in [0.15, 0.2) is 11.5 Å². The Morgan fingerprint density at radius 3 is 2.24 bits per heavy atom. The number of methoxy groups -OCH3 is 2. The Bertz CT molecular complexity index is 913. The molecule has 5 nitrogen and oxygen atoms in total. The molecule has 1 N–H and O–H groups in total. The number of hydrogen-bond acceptors (Lipinski definition) is 5. The Morgan fingerprint density at radius 2 is 1.57 bits per heavy atom. The van der Waals surface area contributed by atoms with Crippen molar-refractivity contribution in [2.45, 2.75) is 0 Å². The van der Waals surface area contributed by atoms with Crippen molar-refractivity contribution in [1.82, 2.24) is 0 Å². The molecule has 0 unspecified atom stereocenters. The highest BCUT2D eigenvalue weighted by molar-refractivity contribution is 6.32. The summed E-state index contributed by atoms with van der Waals surface area (Å²) in [6.07, 6.45) is 0. The lowest BCUT2D eigenvalue weighted by Gasteiger charge is -2.09. The smallest absolute Gasteiger partial charge is 0.200 e. The molecule has 0 fully saturated rings. The number of halogens is 1. The Balaban J connectivity index is 2.47. The van der Waals surface area contributed by atoms with Crippen LogP contribution >= 0.6 is 11.6 Å². The van der Waals surface area contributed by atoms with E-state index in [1.165, 1.54) is 26.4 Å². The minimum atomic E-state index is -0.255. The van der Waals surface area contributed by atoms with E-state index in [1.54, 1.807) is 12.1 Å². The van der Waals surface area contributed by atoms with Crippen molar-refractivity contribution in [3.05, 3.63) is 39.5 Å². The number of aromatic hydroxyl groups is 1. The average molecular weight is 307 g/mol. The number of fused-ring (bicyclic) bond motifs is 2. The number of phenolic OH excluding ortho intramolecular Hbond substituents is 1. The third-order valence-electron chi connectivity index (χ3n) is 3.24. The molecule has 0 amide bonds. The van der Waals surface area contributed by atoms with Gasteiger partial charge < -0.3 is 19.0 Å².